The van der Waals surface area contributed by atoms with E-state index in [1.54, 1.807) is 13.8 Å². The van der Waals surface area contributed by atoms with Crippen molar-refractivity contribution in [2.24, 2.45) is 0 Å². The van der Waals surface area contributed by atoms with Gasteiger partial charge in [-0.2, -0.15) is 18.3 Å². The predicted octanol–water partition coefficient (Wildman–Crippen LogP) is 3.27. The maximum atomic E-state index is 12.3. The molecule has 0 aromatic carbocycles. The molecule has 14 heavy (non-hydrogen) atoms. The van der Waals surface area contributed by atoms with Gasteiger partial charge in [0.25, 0.3) is 0 Å². The number of alkyl halides is 3. The van der Waals surface area contributed by atoms with Crippen LogP contribution >= 0.6 is 11.6 Å². The molecule has 0 aliphatic rings. The second-order valence-corrected chi connectivity index (χ2v) is 3.48. The largest absolute Gasteiger partial charge is 0.419 e. The predicted molar refractivity (Wildman–Crippen MR) is 46.1 cm³/mol. The van der Waals surface area contributed by atoms with Crippen LogP contribution in [0.5, 0.6) is 0 Å². The summed E-state index contributed by atoms with van der Waals surface area (Å²) in [6.07, 6.45) is -4.48. The lowest BCUT2D eigenvalue weighted by Gasteiger charge is -2.10. The highest BCUT2D eigenvalue weighted by molar-refractivity contribution is 6.30. The van der Waals surface area contributed by atoms with Crippen LogP contribution in [-0.2, 0) is 6.18 Å². The SMILES string of the molecule is CC(C)c1cc(C(F)(F)F)c(Cl)nn1. The maximum absolute atomic E-state index is 12.3. The molecular weight excluding hydrogens is 217 g/mol. The first kappa shape index (κ1) is 11.2. The molecule has 0 amide bonds. The number of aromatic nitrogens is 2. The fourth-order valence-electron chi connectivity index (χ4n) is 0.873. The molecule has 6 heteroatoms. The zero-order valence-corrected chi connectivity index (χ0v) is 8.32. The monoisotopic (exact) mass is 224 g/mol. The summed E-state index contributed by atoms with van der Waals surface area (Å²) in [5.41, 5.74) is -0.653. The van der Waals surface area contributed by atoms with Crippen molar-refractivity contribution in [3.8, 4) is 0 Å². The van der Waals surface area contributed by atoms with Crippen molar-refractivity contribution in [3.63, 3.8) is 0 Å². The summed E-state index contributed by atoms with van der Waals surface area (Å²) in [7, 11) is 0. The van der Waals surface area contributed by atoms with Gasteiger partial charge in [-0.25, -0.2) is 0 Å². The third-order valence-corrected chi connectivity index (χ3v) is 1.94. The molecule has 0 N–H and O–H groups in total. The first-order chi connectivity index (χ1) is 6.32. The highest BCUT2D eigenvalue weighted by Gasteiger charge is 2.34. The van der Waals surface area contributed by atoms with E-state index in [0.29, 0.717) is 0 Å². The Morgan fingerprint density at radius 1 is 1.29 bits per heavy atom. The van der Waals surface area contributed by atoms with Gasteiger partial charge in [-0.3, -0.25) is 0 Å². The van der Waals surface area contributed by atoms with Crippen LogP contribution in [0.3, 0.4) is 0 Å². The lowest BCUT2D eigenvalue weighted by atomic mass is 10.1. The lowest BCUT2D eigenvalue weighted by Crippen LogP contribution is -2.10. The Labute approximate surface area is 84.1 Å². The molecule has 0 fully saturated rings. The minimum atomic E-state index is -4.48. The van der Waals surface area contributed by atoms with E-state index in [4.69, 9.17) is 11.6 Å². The molecule has 1 aromatic rings. The number of hydrogen-bond donors (Lipinski definition) is 0. The molecule has 1 aromatic heterocycles. The fraction of sp³-hybridized carbons (Fsp3) is 0.500. The molecule has 2 nitrogen and oxygen atoms in total. The number of halogens is 4. The van der Waals surface area contributed by atoms with Crippen molar-refractivity contribution in [1.29, 1.82) is 0 Å². The van der Waals surface area contributed by atoms with E-state index < -0.39 is 16.9 Å². The second-order valence-electron chi connectivity index (χ2n) is 3.13. The van der Waals surface area contributed by atoms with Crippen molar-refractivity contribution in [2.45, 2.75) is 25.9 Å². The molecule has 0 aliphatic heterocycles. The maximum Gasteiger partial charge on any atom is 0.419 e. The average molecular weight is 225 g/mol. The molecule has 0 radical (unpaired) electrons. The summed E-state index contributed by atoms with van der Waals surface area (Å²) in [6.45, 7) is 3.47. The summed E-state index contributed by atoms with van der Waals surface area (Å²) in [5.74, 6) is -0.110. The van der Waals surface area contributed by atoms with Gasteiger partial charge in [-0.15, -0.1) is 5.10 Å². The first-order valence-corrected chi connectivity index (χ1v) is 4.30. The highest BCUT2D eigenvalue weighted by Crippen LogP contribution is 2.34. The topological polar surface area (TPSA) is 25.8 Å². The van der Waals surface area contributed by atoms with Crippen LogP contribution in [0.4, 0.5) is 13.2 Å². The second kappa shape index (κ2) is 3.73. The van der Waals surface area contributed by atoms with Crippen LogP contribution in [0.1, 0.15) is 31.0 Å². The summed E-state index contributed by atoms with van der Waals surface area (Å²) in [6, 6.07) is 0.931. The van der Waals surface area contributed by atoms with Crippen LogP contribution in [0.2, 0.25) is 5.15 Å². The molecule has 78 valence electrons. The van der Waals surface area contributed by atoms with Gasteiger partial charge in [0.1, 0.15) is 0 Å². The molecule has 1 heterocycles. The van der Waals surface area contributed by atoms with E-state index in [0.717, 1.165) is 6.07 Å². The molecule has 0 aliphatic carbocycles. The molecule has 0 saturated carbocycles. The van der Waals surface area contributed by atoms with Crippen molar-refractivity contribution >= 4 is 11.6 Å². The van der Waals surface area contributed by atoms with Crippen LogP contribution in [0, 0.1) is 0 Å². The minimum absolute atomic E-state index is 0.110. The van der Waals surface area contributed by atoms with Crippen LogP contribution < -0.4 is 0 Å². The Kier molecular flexibility index (Phi) is 2.99. The molecule has 0 atom stereocenters. The van der Waals surface area contributed by atoms with Gasteiger partial charge in [0, 0.05) is 0 Å². The van der Waals surface area contributed by atoms with Crippen molar-refractivity contribution in [3.05, 3.63) is 22.5 Å². The Hall–Kier alpha value is -0.840. The first-order valence-electron chi connectivity index (χ1n) is 3.92. The van der Waals surface area contributed by atoms with Gasteiger partial charge in [-0.1, -0.05) is 25.4 Å². The minimum Gasteiger partial charge on any atom is -0.166 e. The Balaban J connectivity index is 3.22. The molecule has 0 bridgehead atoms. The van der Waals surface area contributed by atoms with Gasteiger partial charge in [0.05, 0.1) is 11.3 Å². The van der Waals surface area contributed by atoms with Crippen LogP contribution in [-0.4, -0.2) is 10.2 Å². The van der Waals surface area contributed by atoms with E-state index in [9.17, 15) is 13.2 Å². The Morgan fingerprint density at radius 2 is 1.86 bits per heavy atom. The average Bonchev–Trinajstić information content (AvgIpc) is 2.02. The van der Waals surface area contributed by atoms with Gasteiger partial charge >= 0.3 is 6.18 Å². The van der Waals surface area contributed by atoms with E-state index in [1.807, 2.05) is 0 Å². The number of rotatable bonds is 1. The van der Waals surface area contributed by atoms with E-state index >= 15 is 0 Å². The highest BCUT2D eigenvalue weighted by atomic mass is 35.5. The van der Waals surface area contributed by atoms with Gasteiger partial charge in [0.15, 0.2) is 5.15 Å². The van der Waals surface area contributed by atoms with Crippen LogP contribution in [0.25, 0.3) is 0 Å². The van der Waals surface area contributed by atoms with E-state index in [1.165, 1.54) is 0 Å². The smallest absolute Gasteiger partial charge is 0.166 e. The van der Waals surface area contributed by atoms with Crippen molar-refractivity contribution < 1.29 is 13.2 Å². The Bertz CT molecular complexity index is 336. The molecule has 1 rings (SSSR count). The summed E-state index contributed by atoms with van der Waals surface area (Å²) in [4.78, 5) is 0. The normalized spacial score (nSPS) is 12.2. The molecule has 0 saturated heterocycles. The zero-order valence-electron chi connectivity index (χ0n) is 7.56. The van der Waals surface area contributed by atoms with Crippen LogP contribution in [0.15, 0.2) is 6.07 Å². The summed E-state index contributed by atoms with van der Waals surface area (Å²) in [5, 5.41) is 6.22. The Morgan fingerprint density at radius 3 is 2.29 bits per heavy atom. The number of hydrogen-bond acceptors (Lipinski definition) is 2. The van der Waals surface area contributed by atoms with E-state index in [2.05, 4.69) is 10.2 Å². The summed E-state index contributed by atoms with van der Waals surface area (Å²) < 4.78 is 37.0. The van der Waals surface area contributed by atoms with E-state index in [-0.39, 0.29) is 11.6 Å². The third kappa shape index (κ3) is 2.35. The summed E-state index contributed by atoms with van der Waals surface area (Å²) >= 11 is 5.29. The van der Waals surface area contributed by atoms with Crippen molar-refractivity contribution in [2.75, 3.05) is 0 Å². The lowest BCUT2D eigenvalue weighted by molar-refractivity contribution is -0.137. The van der Waals surface area contributed by atoms with Crippen molar-refractivity contribution in [1.82, 2.24) is 10.2 Å². The molecular formula is C8H8ClF3N2. The zero-order chi connectivity index (χ0) is 10.9. The molecule has 0 unspecified atom stereocenters. The quantitative estimate of drug-likeness (QED) is 0.732. The van der Waals surface area contributed by atoms with Gasteiger partial charge in [0.2, 0.25) is 0 Å². The van der Waals surface area contributed by atoms with Gasteiger partial charge < -0.3 is 0 Å². The standard InChI is InChI=1S/C8H8ClF3N2/c1-4(2)6-3-5(8(10,11)12)7(9)14-13-6/h3-4H,1-2H3. The fourth-order valence-corrected chi connectivity index (χ4v) is 1.07. The van der Waals surface area contributed by atoms with Gasteiger partial charge in [-0.05, 0) is 12.0 Å². The third-order valence-electron chi connectivity index (χ3n) is 1.66. The molecule has 0 spiro atoms. The number of nitrogens with zero attached hydrogens (tertiary/aromatic N) is 2.